The van der Waals surface area contributed by atoms with Crippen LogP contribution in [0.1, 0.15) is 85.0 Å². The molecule has 0 aromatic rings. The Morgan fingerprint density at radius 3 is 2.04 bits per heavy atom. The molecule has 4 unspecified atom stereocenters. The van der Waals surface area contributed by atoms with E-state index in [-0.39, 0.29) is 0 Å². The Bertz CT molecular complexity index is 309. The van der Waals surface area contributed by atoms with E-state index in [0.717, 1.165) is 24.9 Å². The summed E-state index contributed by atoms with van der Waals surface area (Å²) >= 11 is 0. The van der Waals surface area contributed by atoms with Gasteiger partial charge in [0.25, 0.3) is 0 Å². The fourth-order valence-corrected chi connectivity index (χ4v) is 4.73. The molecule has 2 saturated carbocycles. The van der Waals surface area contributed by atoms with E-state index < -0.39 is 0 Å². The topological polar surface area (TPSA) is 18.5 Å². The second-order valence-corrected chi connectivity index (χ2v) is 8.32. The zero-order chi connectivity index (χ0) is 16.7. The van der Waals surface area contributed by atoms with Gasteiger partial charge in [-0.25, -0.2) is 0 Å². The Labute approximate surface area is 144 Å². The molecular weight excluding hydrogens is 284 g/mol. The second-order valence-electron chi connectivity index (χ2n) is 8.32. The van der Waals surface area contributed by atoms with E-state index in [0.29, 0.717) is 24.0 Å². The van der Waals surface area contributed by atoms with Gasteiger partial charge in [0.15, 0.2) is 0 Å². The van der Waals surface area contributed by atoms with Gasteiger partial charge in [0, 0.05) is 13.7 Å². The largest absolute Gasteiger partial charge is 0.381 e. The number of hydrogen-bond donors (Lipinski definition) is 0. The first-order valence-corrected chi connectivity index (χ1v) is 10.3. The molecule has 0 radical (unpaired) electrons. The summed E-state index contributed by atoms with van der Waals surface area (Å²) in [6.45, 7) is 7.98. The maximum atomic E-state index is 6.38. The normalized spacial score (nSPS) is 38.6. The number of methoxy groups -OCH3 is 1. The summed E-state index contributed by atoms with van der Waals surface area (Å²) in [6, 6.07) is 0. The third-order valence-electron chi connectivity index (χ3n) is 6.77. The van der Waals surface area contributed by atoms with Crippen LogP contribution in [0.4, 0.5) is 0 Å². The van der Waals surface area contributed by atoms with Gasteiger partial charge in [-0.1, -0.05) is 59.3 Å². The van der Waals surface area contributed by atoms with Gasteiger partial charge in [0.05, 0.1) is 12.2 Å². The van der Waals surface area contributed by atoms with Crippen LogP contribution in [0.5, 0.6) is 0 Å². The van der Waals surface area contributed by atoms with Crippen LogP contribution in [-0.4, -0.2) is 25.9 Å². The minimum Gasteiger partial charge on any atom is -0.381 e. The van der Waals surface area contributed by atoms with Gasteiger partial charge in [0.1, 0.15) is 0 Å². The first kappa shape index (κ1) is 19.2. The average molecular weight is 325 g/mol. The molecule has 0 aromatic carbocycles. The molecule has 0 spiro atoms. The monoisotopic (exact) mass is 324 g/mol. The molecule has 0 aromatic heterocycles. The molecule has 2 aliphatic rings. The summed E-state index contributed by atoms with van der Waals surface area (Å²) in [6.07, 6.45) is 14.6. The fraction of sp³-hybridized carbons (Fsp3) is 1.00. The van der Waals surface area contributed by atoms with Crippen molar-refractivity contribution in [1.29, 1.82) is 0 Å². The minimum atomic E-state index is 0.434. The highest BCUT2D eigenvalue weighted by Crippen LogP contribution is 2.36. The summed E-state index contributed by atoms with van der Waals surface area (Å²) in [5.41, 5.74) is 0. The van der Waals surface area contributed by atoms with Crippen molar-refractivity contribution in [3.05, 3.63) is 0 Å². The van der Waals surface area contributed by atoms with Crippen LogP contribution in [0.15, 0.2) is 0 Å². The van der Waals surface area contributed by atoms with Crippen LogP contribution in [-0.2, 0) is 9.47 Å². The molecule has 136 valence electrons. The van der Waals surface area contributed by atoms with Crippen LogP contribution >= 0.6 is 0 Å². The van der Waals surface area contributed by atoms with Crippen molar-refractivity contribution in [3.63, 3.8) is 0 Å². The summed E-state index contributed by atoms with van der Waals surface area (Å²) in [7, 11) is 1.86. The van der Waals surface area contributed by atoms with E-state index in [4.69, 9.17) is 9.47 Å². The lowest BCUT2D eigenvalue weighted by atomic mass is 9.77. The lowest BCUT2D eigenvalue weighted by Gasteiger charge is -2.40. The Kier molecular flexibility index (Phi) is 8.40. The molecule has 23 heavy (non-hydrogen) atoms. The molecule has 0 heterocycles. The summed E-state index contributed by atoms with van der Waals surface area (Å²) in [5, 5.41) is 0. The molecule has 4 atom stereocenters. The van der Waals surface area contributed by atoms with Crippen LogP contribution in [0, 0.1) is 23.7 Å². The Hall–Kier alpha value is -0.0800. The third kappa shape index (κ3) is 5.74. The first-order valence-electron chi connectivity index (χ1n) is 10.3. The molecule has 2 aliphatic carbocycles. The van der Waals surface area contributed by atoms with Crippen molar-refractivity contribution < 1.29 is 9.47 Å². The van der Waals surface area contributed by atoms with Crippen molar-refractivity contribution in [2.24, 2.45) is 23.7 Å². The second kappa shape index (κ2) is 10.0. The van der Waals surface area contributed by atoms with Gasteiger partial charge in [0.2, 0.25) is 0 Å². The maximum absolute atomic E-state index is 6.38. The van der Waals surface area contributed by atoms with Gasteiger partial charge >= 0.3 is 0 Å². The van der Waals surface area contributed by atoms with Crippen molar-refractivity contribution in [3.8, 4) is 0 Å². The van der Waals surface area contributed by atoms with Gasteiger partial charge in [-0.3, -0.25) is 0 Å². The molecule has 2 rings (SSSR count). The van der Waals surface area contributed by atoms with E-state index in [1.54, 1.807) is 0 Å². The minimum absolute atomic E-state index is 0.434. The molecular formula is C21H40O2. The number of hydrogen-bond acceptors (Lipinski definition) is 2. The molecule has 0 saturated heterocycles. The predicted molar refractivity (Wildman–Crippen MR) is 97.7 cm³/mol. The smallest absolute Gasteiger partial charge is 0.0605 e. The van der Waals surface area contributed by atoms with Gasteiger partial charge in [-0.15, -0.1) is 0 Å². The highest BCUT2D eigenvalue weighted by atomic mass is 16.5. The lowest BCUT2D eigenvalue weighted by molar-refractivity contribution is -0.0889. The van der Waals surface area contributed by atoms with E-state index in [9.17, 15) is 0 Å². The lowest BCUT2D eigenvalue weighted by Crippen LogP contribution is -2.40. The quantitative estimate of drug-likeness (QED) is 0.522. The SMILES string of the molecule is CCCCCC1CCC(COC2CCC(OC)C(C)C2C)CC1. The summed E-state index contributed by atoms with van der Waals surface area (Å²) in [5.74, 6) is 3.07. The van der Waals surface area contributed by atoms with E-state index >= 15 is 0 Å². The zero-order valence-corrected chi connectivity index (χ0v) is 16.1. The third-order valence-corrected chi connectivity index (χ3v) is 6.77. The number of ether oxygens (including phenoxy) is 2. The molecule has 2 heteroatoms. The van der Waals surface area contributed by atoms with Crippen molar-refractivity contribution in [2.75, 3.05) is 13.7 Å². The van der Waals surface area contributed by atoms with Crippen molar-refractivity contribution in [1.82, 2.24) is 0 Å². The van der Waals surface area contributed by atoms with Crippen LogP contribution in [0.3, 0.4) is 0 Å². The summed E-state index contributed by atoms with van der Waals surface area (Å²) in [4.78, 5) is 0. The van der Waals surface area contributed by atoms with Gasteiger partial charge in [-0.2, -0.15) is 0 Å². The molecule has 0 amide bonds. The standard InChI is InChI=1S/C21H40O2/c1-5-6-7-8-18-9-11-19(12-10-18)15-23-21-14-13-20(22-4)16(2)17(21)3/h16-21H,5-15H2,1-4H3. The van der Waals surface area contributed by atoms with Gasteiger partial charge < -0.3 is 9.47 Å². The molecule has 0 aliphatic heterocycles. The van der Waals surface area contributed by atoms with E-state index in [1.165, 1.54) is 57.8 Å². The Morgan fingerprint density at radius 1 is 0.783 bits per heavy atom. The van der Waals surface area contributed by atoms with Crippen LogP contribution in [0.2, 0.25) is 0 Å². The Balaban J connectivity index is 1.63. The van der Waals surface area contributed by atoms with Crippen molar-refractivity contribution >= 4 is 0 Å². The average Bonchev–Trinajstić information content (AvgIpc) is 2.58. The molecule has 0 N–H and O–H groups in total. The first-order chi connectivity index (χ1) is 11.2. The van der Waals surface area contributed by atoms with Crippen molar-refractivity contribution in [2.45, 2.75) is 97.2 Å². The Morgan fingerprint density at radius 2 is 1.39 bits per heavy atom. The van der Waals surface area contributed by atoms with E-state index in [2.05, 4.69) is 20.8 Å². The van der Waals surface area contributed by atoms with Crippen LogP contribution in [0.25, 0.3) is 0 Å². The van der Waals surface area contributed by atoms with Gasteiger partial charge in [-0.05, 0) is 49.4 Å². The molecule has 2 nitrogen and oxygen atoms in total. The molecule has 2 fully saturated rings. The molecule has 0 bridgehead atoms. The zero-order valence-electron chi connectivity index (χ0n) is 16.1. The van der Waals surface area contributed by atoms with E-state index in [1.807, 2.05) is 7.11 Å². The highest BCUT2D eigenvalue weighted by Gasteiger charge is 2.35. The summed E-state index contributed by atoms with van der Waals surface area (Å²) < 4.78 is 12.0. The number of rotatable bonds is 8. The highest BCUT2D eigenvalue weighted by molar-refractivity contribution is 4.84. The fourth-order valence-electron chi connectivity index (χ4n) is 4.73. The number of unbranched alkanes of at least 4 members (excludes halogenated alkanes) is 2. The predicted octanol–water partition coefficient (Wildman–Crippen LogP) is 5.84. The van der Waals surface area contributed by atoms with Crippen LogP contribution < -0.4 is 0 Å². The maximum Gasteiger partial charge on any atom is 0.0605 e.